The van der Waals surface area contributed by atoms with Gasteiger partial charge in [0.15, 0.2) is 0 Å². The Hall–Kier alpha value is -1.97. The second kappa shape index (κ2) is 6.98. The first-order valence-electron chi connectivity index (χ1n) is 7.15. The monoisotopic (exact) mass is 402 g/mol. The van der Waals surface area contributed by atoms with Crippen molar-refractivity contribution < 1.29 is 35.6 Å². The minimum absolute atomic E-state index is 0.0162. The van der Waals surface area contributed by atoms with Gasteiger partial charge in [-0.25, -0.2) is 0 Å². The summed E-state index contributed by atoms with van der Waals surface area (Å²) in [5.41, 5.74) is -3.61. The number of nitrogens with zero attached hydrogens (tertiary/aromatic N) is 2. The Morgan fingerprint density at radius 2 is 1.77 bits per heavy atom. The van der Waals surface area contributed by atoms with Gasteiger partial charge in [0.25, 0.3) is 0 Å². The summed E-state index contributed by atoms with van der Waals surface area (Å²) < 4.78 is 88.0. The predicted octanol–water partition coefficient (Wildman–Crippen LogP) is 5.46. The molecular formula is C15H13ClF6N2O2. The maximum Gasteiger partial charge on any atom is 0.419 e. The number of aromatic nitrogens is 2. The molecule has 0 unspecified atom stereocenters. The number of hydrogen-bond acceptors (Lipinski definition) is 4. The minimum atomic E-state index is -4.85. The third kappa shape index (κ3) is 4.40. The van der Waals surface area contributed by atoms with Crippen LogP contribution in [0.4, 0.5) is 26.3 Å². The van der Waals surface area contributed by atoms with Crippen LogP contribution in [0.3, 0.4) is 0 Å². The van der Waals surface area contributed by atoms with Gasteiger partial charge in [0.05, 0.1) is 11.0 Å². The van der Waals surface area contributed by atoms with Gasteiger partial charge in [-0.05, 0) is 32.0 Å². The summed E-state index contributed by atoms with van der Waals surface area (Å²) in [5.74, 6) is -0.956. The number of alkyl halides is 7. The summed E-state index contributed by atoms with van der Waals surface area (Å²) in [7, 11) is 0. The van der Waals surface area contributed by atoms with E-state index in [1.54, 1.807) is 0 Å². The molecule has 2 rings (SSSR count). The molecule has 0 N–H and O–H groups in total. The Kier molecular flexibility index (Phi) is 5.46. The quantitative estimate of drug-likeness (QED) is 0.492. The lowest BCUT2D eigenvalue weighted by Gasteiger charge is -2.28. The van der Waals surface area contributed by atoms with Crippen molar-refractivity contribution in [1.29, 1.82) is 0 Å². The topological polar surface area (TPSA) is 48.2 Å². The molecule has 11 heteroatoms. The Morgan fingerprint density at radius 3 is 2.27 bits per heavy atom. The number of hydrogen-bond donors (Lipinski definition) is 0. The fourth-order valence-electron chi connectivity index (χ4n) is 1.78. The molecule has 0 atom stereocenters. The van der Waals surface area contributed by atoms with E-state index in [0.717, 1.165) is 19.9 Å². The van der Waals surface area contributed by atoms with Crippen molar-refractivity contribution in [2.45, 2.75) is 32.1 Å². The summed E-state index contributed by atoms with van der Waals surface area (Å²) in [6, 6.07) is 2.79. The molecule has 0 spiro atoms. The lowest BCUT2D eigenvalue weighted by molar-refractivity contribution is -0.219. The fourth-order valence-corrected chi connectivity index (χ4v) is 1.89. The van der Waals surface area contributed by atoms with Crippen LogP contribution in [0.25, 0.3) is 11.4 Å². The molecule has 26 heavy (non-hydrogen) atoms. The molecule has 0 fully saturated rings. The smallest absolute Gasteiger partial charge is 0.419 e. The average molecular weight is 403 g/mol. The number of benzene rings is 1. The van der Waals surface area contributed by atoms with Gasteiger partial charge in [0, 0.05) is 5.56 Å². The second-order valence-electron chi connectivity index (χ2n) is 6.02. The third-order valence-electron chi connectivity index (χ3n) is 3.48. The van der Waals surface area contributed by atoms with Crippen LogP contribution < -0.4 is 4.74 Å². The Morgan fingerprint density at radius 1 is 1.12 bits per heavy atom. The molecule has 144 valence electrons. The standard InChI is InChI=1S/C15H13ClF6N2O2/c1-13(2,15(20,21)22)7-25-10-4-3-8(5-9(10)14(17,18)19)12-23-11(6-16)26-24-12/h3-5H,6-7H2,1-2H3. The van der Waals surface area contributed by atoms with Crippen molar-refractivity contribution in [3.05, 3.63) is 29.7 Å². The molecule has 4 nitrogen and oxygen atoms in total. The SMILES string of the molecule is CC(C)(COc1ccc(-c2noc(CCl)n2)cc1C(F)(F)F)C(F)(F)F. The maximum absolute atomic E-state index is 13.3. The van der Waals surface area contributed by atoms with Gasteiger partial charge in [0.2, 0.25) is 11.7 Å². The molecule has 0 bridgehead atoms. The van der Waals surface area contributed by atoms with Crippen LogP contribution in [0, 0.1) is 5.41 Å². The Labute approximate surface area is 149 Å². The lowest BCUT2D eigenvalue weighted by Crippen LogP contribution is -2.37. The van der Waals surface area contributed by atoms with Crippen molar-refractivity contribution in [2.24, 2.45) is 5.41 Å². The zero-order valence-corrected chi connectivity index (χ0v) is 14.3. The van der Waals surface area contributed by atoms with Crippen molar-refractivity contribution in [3.63, 3.8) is 0 Å². The first kappa shape index (κ1) is 20.3. The molecule has 0 saturated heterocycles. The molecular weight excluding hydrogens is 390 g/mol. The highest BCUT2D eigenvalue weighted by Crippen LogP contribution is 2.41. The molecule has 1 heterocycles. The van der Waals surface area contributed by atoms with Gasteiger partial charge in [-0.15, -0.1) is 11.6 Å². The van der Waals surface area contributed by atoms with Crippen LogP contribution in [0.1, 0.15) is 25.3 Å². The summed E-state index contributed by atoms with van der Waals surface area (Å²) in [6.45, 7) is 0.695. The molecule has 0 radical (unpaired) electrons. The zero-order valence-electron chi connectivity index (χ0n) is 13.5. The van der Waals surface area contributed by atoms with Crippen molar-refractivity contribution in [2.75, 3.05) is 6.61 Å². The molecule has 0 aliphatic carbocycles. The van der Waals surface area contributed by atoms with Crippen LogP contribution >= 0.6 is 11.6 Å². The van der Waals surface area contributed by atoms with Crippen molar-refractivity contribution in [1.82, 2.24) is 10.1 Å². The van der Waals surface area contributed by atoms with Crippen LogP contribution in [-0.2, 0) is 12.1 Å². The van der Waals surface area contributed by atoms with E-state index in [9.17, 15) is 26.3 Å². The highest BCUT2D eigenvalue weighted by molar-refractivity contribution is 6.16. The highest BCUT2D eigenvalue weighted by atomic mass is 35.5. The number of halogens is 7. The normalized spacial score (nSPS) is 13.1. The number of ether oxygens (including phenoxy) is 1. The summed E-state index contributed by atoms with van der Waals surface area (Å²) in [5, 5.41) is 3.50. The second-order valence-corrected chi connectivity index (χ2v) is 6.29. The van der Waals surface area contributed by atoms with Gasteiger partial charge in [-0.2, -0.15) is 31.3 Å². The van der Waals surface area contributed by atoms with E-state index in [-0.39, 0.29) is 23.2 Å². The van der Waals surface area contributed by atoms with Gasteiger partial charge >= 0.3 is 12.4 Å². The van der Waals surface area contributed by atoms with Crippen LogP contribution in [-0.4, -0.2) is 22.9 Å². The summed E-state index contributed by atoms with van der Waals surface area (Å²) in [4.78, 5) is 3.80. The predicted molar refractivity (Wildman–Crippen MR) is 79.6 cm³/mol. The van der Waals surface area contributed by atoms with Crippen molar-refractivity contribution in [3.8, 4) is 17.1 Å². The van der Waals surface area contributed by atoms with E-state index in [2.05, 4.69) is 10.1 Å². The van der Waals surface area contributed by atoms with Crippen LogP contribution in [0.15, 0.2) is 22.7 Å². The Bertz CT molecular complexity index is 770. The maximum atomic E-state index is 13.3. The van der Waals surface area contributed by atoms with E-state index in [1.165, 1.54) is 6.07 Å². The lowest BCUT2D eigenvalue weighted by atomic mass is 9.94. The highest BCUT2D eigenvalue weighted by Gasteiger charge is 2.48. The molecule has 2 aromatic rings. The average Bonchev–Trinajstić information content (AvgIpc) is 3.00. The largest absolute Gasteiger partial charge is 0.492 e. The van der Waals surface area contributed by atoms with E-state index < -0.39 is 35.7 Å². The zero-order chi connectivity index (χ0) is 19.8. The van der Waals surface area contributed by atoms with Gasteiger partial charge in [0.1, 0.15) is 18.2 Å². The molecule has 1 aromatic heterocycles. The Balaban J connectivity index is 2.35. The van der Waals surface area contributed by atoms with E-state index in [4.69, 9.17) is 20.9 Å². The summed E-state index contributed by atoms with van der Waals surface area (Å²) >= 11 is 5.49. The minimum Gasteiger partial charge on any atom is -0.492 e. The first-order valence-corrected chi connectivity index (χ1v) is 7.68. The van der Waals surface area contributed by atoms with Crippen molar-refractivity contribution >= 4 is 11.6 Å². The fraction of sp³-hybridized carbons (Fsp3) is 0.467. The van der Waals surface area contributed by atoms with E-state index in [1.807, 2.05) is 0 Å². The van der Waals surface area contributed by atoms with E-state index >= 15 is 0 Å². The number of rotatable bonds is 5. The molecule has 0 aliphatic heterocycles. The molecule has 0 saturated carbocycles. The molecule has 1 aromatic carbocycles. The van der Waals surface area contributed by atoms with Gasteiger partial charge < -0.3 is 9.26 Å². The van der Waals surface area contributed by atoms with E-state index in [0.29, 0.717) is 6.07 Å². The summed E-state index contributed by atoms with van der Waals surface area (Å²) in [6.07, 6.45) is -9.49. The third-order valence-corrected chi connectivity index (χ3v) is 3.71. The van der Waals surface area contributed by atoms with Crippen LogP contribution in [0.5, 0.6) is 5.75 Å². The van der Waals surface area contributed by atoms with Crippen LogP contribution in [0.2, 0.25) is 0 Å². The van der Waals surface area contributed by atoms with Gasteiger partial charge in [-0.1, -0.05) is 5.16 Å². The first-order chi connectivity index (χ1) is 11.8. The molecule has 0 amide bonds. The van der Waals surface area contributed by atoms with Gasteiger partial charge in [-0.3, -0.25) is 0 Å². The molecule has 0 aliphatic rings.